The van der Waals surface area contributed by atoms with Crippen LogP contribution in [-0.2, 0) is 20.7 Å². The van der Waals surface area contributed by atoms with Crippen LogP contribution in [0.25, 0.3) is 33.0 Å². The van der Waals surface area contributed by atoms with Crippen molar-refractivity contribution in [2.24, 2.45) is 11.8 Å². The number of rotatable bonds is 2. The van der Waals surface area contributed by atoms with E-state index in [0.29, 0.717) is 10.0 Å². The van der Waals surface area contributed by atoms with E-state index in [-0.39, 0.29) is 23.2 Å². The summed E-state index contributed by atoms with van der Waals surface area (Å²) in [6, 6.07) is 3.95. The van der Waals surface area contributed by atoms with E-state index >= 15 is 0 Å². The number of thiazole rings is 2. The van der Waals surface area contributed by atoms with E-state index < -0.39 is 11.2 Å². The quantitative estimate of drug-likeness (QED) is 0.240. The Labute approximate surface area is 275 Å². The molecule has 10 heteroatoms. The highest BCUT2D eigenvalue weighted by Crippen LogP contribution is 2.57. The summed E-state index contributed by atoms with van der Waals surface area (Å²) in [5, 5.41) is 20.1. The molecule has 2 aromatic heterocycles. The van der Waals surface area contributed by atoms with Crippen molar-refractivity contribution >= 4 is 46.0 Å². The minimum atomic E-state index is -0.505. The van der Waals surface area contributed by atoms with E-state index in [2.05, 4.69) is 34.0 Å². The van der Waals surface area contributed by atoms with Gasteiger partial charge in [0.2, 0.25) is 0 Å². The Hall–Kier alpha value is -4.74. The SMILES string of the molecule is [C-]#[N+]/C(C#N)=C\c1nc2c(s1)C1=CC3C=C4OC5(CCCCC5)c5nc(/C=C(\C#N)[N+]#[C-])sc5C4=CC3C=C1OC21CCCCC1. The van der Waals surface area contributed by atoms with Gasteiger partial charge in [-0.25, -0.2) is 30.2 Å². The van der Waals surface area contributed by atoms with Crippen molar-refractivity contribution in [1.82, 2.24) is 9.97 Å². The first kappa shape index (κ1) is 28.7. The molecule has 8 rings (SSSR count). The molecule has 2 aliphatic heterocycles. The fourth-order valence-corrected chi connectivity index (χ4v) is 10.1. The van der Waals surface area contributed by atoms with Gasteiger partial charge < -0.3 is 9.47 Å². The zero-order valence-electron chi connectivity index (χ0n) is 25.0. The van der Waals surface area contributed by atoms with E-state index in [0.717, 1.165) is 95.2 Å². The van der Waals surface area contributed by atoms with Crippen LogP contribution in [-0.4, -0.2) is 9.97 Å². The summed E-state index contributed by atoms with van der Waals surface area (Å²) < 4.78 is 13.9. The molecule has 2 atom stereocenters. The average Bonchev–Trinajstić information content (AvgIpc) is 3.72. The molecule has 2 aromatic rings. The molecule has 0 bridgehead atoms. The predicted octanol–water partition coefficient (Wildman–Crippen LogP) is 9.04. The second-order valence-electron chi connectivity index (χ2n) is 12.7. The highest BCUT2D eigenvalue weighted by atomic mass is 32.1. The third kappa shape index (κ3) is 4.48. The van der Waals surface area contributed by atoms with Crippen LogP contribution in [0.1, 0.15) is 95.4 Å². The van der Waals surface area contributed by atoms with Crippen LogP contribution >= 0.6 is 22.7 Å². The number of fused-ring (bicyclic) bond motifs is 9. The molecule has 6 aliphatic rings. The minimum Gasteiger partial charge on any atom is -0.481 e. The van der Waals surface area contributed by atoms with Gasteiger partial charge in [-0.3, -0.25) is 0 Å². The van der Waals surface area contributed by atoms with Crippen LogP contribution in [0, 0.1) is 47.6 Å². The smallest absolute Gasteiger partial charge is 0.264 e. The first-order chi connectivity index (χ1) is 22.5. The summed E-state index contributed by atoms with van der Waals surface area (Å²) in [7, 11) is 0. The van der Waals surface area contributed by atoms with Crippen molar-refractivity contribution in [3.63, 3.8) is 0 Å². The third-order valence-corrected chi connectivity index (χ3v) is 12.0. The number of ether oxygens (including phenoxy) is 2. The van der Waals surface area contributed by atoms with Gasteiger partial charge in [0.1, 0.15) is 32.9 Å². The zero-order valence-corrected chi connectivity index (χ0v) is 26.6. The topological polar surface area (TPSA) is 101 Å². The molecule has 8 nitrogen and oxygen atoms in total. The summed E-state index contributed by atoms with van der Waals surface area (Å²) >= 11 is 3.07. The second-order valence-corrected chi connectivity index (χ2v) is 14.7. The van der Waals surface area contributed by atoms with Gasteiger partial charge in [0, 0.05) is 23.0 Å². The summed E-state index contributed by atoms with van der Waals surface area (Å²) in [4.78, 5) is 18.9. The fraction of sp³-hybridized carbons (Fsp3) is 0.389. The average molecular weight is 641 g/mol. The number of hydrogen-bond donors (Lipinski definition) is 0. The summed E-state index contributed by atoms with van der Waals surface area (Å²) in [5.74, 6) is 1.85. The zero-order chi connectivity index (χ0) is 31.5. The molecule has 46 heavy (non-hydrogen) atoms. The summed E-state index contributed by atoms with van der Waals surface area (Å²) in [5.41, 5.74) is 2.97. The van der Waals surface area contributed by atoms with Crippen molar-refractivity contribution in [2.45, 2.75) is 75.4 Å². The Kier molecular flexibility index (Phi) is 6.84. The van der Waals surface area contributed by atoms with Crippen molar-refractivity contribution in [1.29, 1.82) is 10.5 Å². The molecule has 2 unspecified atom stereocenters. The van der Waals surface area contributed by atoms with Gasteiger partial charge in [-0.1, -0.05) is 25.0 Å². The molecule has 0 amide bonds. The lowest BCUT2D eigenvalue weighted by Gasteiger charge is -2.45. The van der Waals surface area contributed by atoms with Crippen LogP contribution in [0.3, 0.4) is 0 Å². The molecular weight excluding hydrogens is 613 g/mol. The molecule has 4 aliphatic carbocycles. The highest BCUT2D eigenvalue weighted by Gasteiger charge is 2.50. The first-order valence-corrected chi connectivity index (χ1v) is 17.4. The normalized spacial score (nSPS) is 25.0. The number of hydrogen-bond acceptors (Lipinski definition) is 8. The van der Waals surface area contributed by atoms with Crippen LogP contribution < -0.4 is 0 Å². The number of aromatic nitrogens is 2. The van der Waals surface area contributed by atoms with Crippen molar-refractivity contribution in [3.05, 3.63) is 101 Å². The fourth-order valence-electron chi connectivity index (χ4n) is 7.81. The van der Waals surface area contributed by atoms with Gasteiger partial charge in [0.25, 0.3) is 11.4 Å². The Balaban J connectivity index is 1.24. The lowest BCUT2D eigenvalue weighted by molar-refractivity contribution is -0.0374. The van der Waals surface area contributed by atoms with Crippen molar-refractivity contribution in [2.75, 3.05) is 0 Å². The van der Waals surface area contributed by atoms with Crippen molar-refractivity contribution < 1.29 is 9.47 Å². The van der Waals surface area contributed by atoms with Gasteiger partial charge in [-0.15, -0.1) is 22.7 Å². The van der Waals surface area contributed by atoms with Crippen LogP contribution in [0.5, 0.6) is 0 Å². The van der Waals surface area contributed by atoms with Gasteiger partial charge >= 0.3 is 0 Å². The molecule has 0 N–H and O–H groups in total. The van der Waals surface area contributed by atoms with Gasteiger partial charge in [0.15, 0.2) is 11.2 Å². The Morgan fingerprint density at radius 1 is 0.717 bits per heavy atom. The van der Waals surface area contributed by atoms with E-state index in [1.807, 2.05) is 12.1 Å². The largest absolute Gasteiger partial charge is 0.481 e. The number of nitriles is 2. The Bertz CT molecular complexity index is 1850. The van der Waals surface area contributed by atoms with Gasteiger partial charge in [-0.05, 0) is 75.7 Å². The van der Waals surface area contributed by atoms with Crippen LogP contribution in [0.4, 0.5) is 0 Å². The Morgan fingerprint density at radius 3 is 1.50 bits per heavy atom. The molecule has 2 saturated carbocycles. The standard InChI is InChI=1S/C36H28N6O2S2/c1-39-23(19-37)17-29-41-33-31(45-29)25-13-21-16-28-26(14-22(21)15-27(25)43-35(33)9-5-3-6-10-35)32-34(36(44-28)11-7-4-8-12-36)42-30(46-32)18-24(20-38)40-2/h13-18,21-22H,3-12H2/b23-17-,24-18+. The summed E-state index contributed by atoms with van der Waals surface area (Å²) in [6.07, 6.45) is 22.4. The predicted molar refractivity (Wildman–Crippen MR) is 175 cm³/mol. The molecule has 2 spiro atoms. The molecule has 4 heterocycles. The maximum atomic E-state index is 9.41. The number of nitrogens with zero attached hydrogens (tertiary/aromatic N) is 6. The first-order valence-electron chi connectivity index (χ1n) is 15.8. The summed E-state index contributed by atoms with van der Waals surface area (Å²) in [6.45, 7) is 14.7. The molecule has 0 saturated heterocycles. The molecule has 226 valence electrons. The van der Waals surface area contributed by atoms with E-state index in [9.17, 15) is 10.5 Å². The molecule has 2 fully saturated rings. The highest BCUT2D eigenvalue weighted by molar-refractivity contribution is 7.14. The maximum absolute atomic E-state index is 9.41. The van der Waals surface area contributed by atoms with Crippen molar-refractivity contribution in [3.8, 4) is 12.1 Å². The second kappa shape index (κ2) is 11.0. The Morgan fingerprint density at radius 2 is 1.13 bits per heavy atom. The van der Waals surface area contributed by atoms with Gasteiger partial charge in [0.05, 0.1) is 35.0 Å². The van der Waals surface area contributed by atoms with Gasteiger partial charge in [-0.2, -0.15) is 0 Å². The lowest BCUT2D eigenvalue weighted by atomic mass is 9.73. The minimum absolute atomic E-state index is 0.0259. The van der Waals surface area contributed by atoms with Crippen LogP contribution in [0.2, 0.25) is 0 Å². The van der Waals surface area contributed by atoms with E-state index in [4.69, 9.17) is 32.6 Å². The third-order valence-electron chi connectivity index (χ3n) is 9.94. The molecule has 0 aromatic carbocycles. The van der Waals surface area contributed by atoms with Crippen LogP contribution in [0.15, 0.2) is 47.2 Å². The molecule has 0 radical (unpaired) electrons. The number of allylic oxidation sites excluding steroid dienone is 8. The van der Waals surface area contributed by atoms with E-state index in [1.54, 1.807) is 12.2 Å². The molecular formula is C36H28N6O2S2. The lowest BCUT2D eigenvalue weighted by Crippen LogP contribution is -2.38. The van der Waals surface area contributed by atoms with E-state index in [1.165, 1.54) is 35.5 Å². The monoisotopic (exact) mass is 640 g/mol. The maximum Gasteiger partial charge on any atom is 0.264 e.